The van der Waals surface area contributed by atoms with E-state index in [0.717, 1.165) is 5.56 Å². The number of hydrogen-bond donors (Lipinski definition) is 2. The lowest BCUT2D eigenvalue weighted by Crippen LogP contribution is -2.35. The van der Waals surface area contributed by atoms with Crippen molar-refractivity contribution in [3.8, 4) is 0 Å². The Bertz CT molecular complexity index is 310. The standard InChI is InChI=1S/C10H15N3O/c1-8(13(2)10(11)12-14)9-6-4-3-5-7-9/h3-8,14H,1-2H3,(H2,11,12). The molecule has 76 valence electrons. The van der Waals surface area contributed by atoms with E-state index in [1.165, 1.54) is 0 Å². The van der Waals surface area contributed by atoms with Gasteiger partial charge in [0.15, 0.2) is 0 Å². The third kappa shape index (κ3) is 2.16. The third-order valence-corrected chi connectivity index (χ3v) is 2.33. The van der Waals surface area contributed by atoms with E-state index in [4.69, 9.17) is 10.9 Å². The fourth-order valence-corrected chi connectivity index (χ4v) is 1.22. The molecular weight excluding hydrogens is 178 g/mol. The summed E-state index contributed by atoms with van der Waals surface area (Å²) in [5.41, 5.74) is 6.61. The molecule has 1 aromatic rings. The zero-order valence-corrected chi connectivity index (χ0v) is 8.38. The summed E-state index contributed by atoms with van der Waals surface area (Å²) in [6, 6.07) is 9.99. The summed E-state index contributed by atoms with van der Waals surface area (Å²) in [7, 11) is 1.78. The summed E-state index contributed by atoms with van der Waals surface area (Å²) in [4.78, 5) is 1.70. The lowest BCUT2D eigenvalue weighted by molar-refractivity contribution is 0.294. The van der Waals surface area contributed by atoms with Gasteiger partial charge in [-0.2, -0.15) is 0 Å². The largest absolute Gasteiger partial charge is 0.408 e. The minimum atomic E-state index is 0.0899. The van der Waals surface area contributed by atoms with Crippen LogP contribution in [0.2, 0.25) is 0 Å². The van der Waals surface area contributed by atoms with Crippen LogP contribution in [-0.4, -0.2) is 23.1 Å². The Hall–Kier alpha value is -1.71. The van der Waals surface area contributed by atoms with E-state index in [-0.39, 0.29) is 12.0 Å². The first-order chi connectivity index (χ1) is 6.66. The van der Waals surface area contributed by atoms with Crippen molar-refractivity contribution in [1.82, 2.24) is 4.90 Å². The number of nitrogens with zero attached hydrogens (tertiary/aromatic N) is 2. The van der Waals surface area contributed by atoms with E-state index in [0.29, 0.717) is 0 Å². The highest BCUT2D eigenvalue weighted by molar-refractivity contribution is 5.77. The molecule has 0 amide bonds. The molecule has 0 fully saturated rings. The van der Waals surface area contributed by atoms with Gasteiger partial charge in [-0.25, -0.2) is 0 Å². The minimum absolute atomic E-state index is 0.0899. The number of rotatable bonds is 2. The van der Waals surface area contributed by atoms with Gasteiger partial charge in [-0.15, -0.1) is 0 Å². The van der Waals surface area contributed by atoms with Crippen molar-refractivity contribution in [3.05, 3.63) is 35.9 Å². The van der Waals surface area contributed by atoms with Gasteiger partial charge in [0.1, 0.15) is 0 Å². The molecule has 3 N–H and O–H groups in total. The number of guanidine groups is 1. The summed E-state index contributed by atoms with van der Waals surface area (Å²) in [5, 5.41) is 11.5. The highest BCUT2D eigenvalue weighted by Gasteiger charge is 2.12. The number of oxime groups is 1. The molecule has 0 aliphatic carbocycles. The molecule has 1 atom stereocenters. The lowest BCUT2D eigenvalue weighted by Gasteiger charge is -2.25. The Kier molecular flexibility index (Phi) is 3.34. The van der Waals surface area contributed by atoms with Gasteiger partial charge in [-0.3, -0.25) is 0 Å². The van der Waals surface area contributed by atoms with Crippen LogP contribution in [0.1, 0.15) is 18.5 Å². The second-order valence-electron chi connectivity index (χ2n) is 3.16. The molecule has 1 unspecified atom stereocenters. The molecule has 0 saturated carbocycles. The van der Waals surface area contributed by atoms with E-state index in [1.54, 1.807) is 11.9 Å². The molecular formula is C10H15N3O. The molecule has 1 rings (SSSR count). The second-order valence-corrected chi connectivity index (χ2v) is 3.16. The van der Waals surface area contributed by atoms with Crippen LogP contribution < -0.4 is 5.73 Å². The van der Waals surface area contributed by atoms with Crippen LogP contribution in [0.15, 0.2) is 35.5 Å². The van der Waals surface area contributed by atoms with Crippen molar-refractivity contribution in [2.45, 2.75) is 13.0 Å². The first kappa shape index (κ1) is 10.4. The van der Waals surface area contributed by atoms with Crippen LogP contribution in [0.25, 0.3) is 0 Å². The van der Waals surface area contributed by atoms with Crippen LogP contribution in [0.5, 0.6) is 0 Å². The van der Waals surface area contributed by atoms with Gasteiger partial charge >= 0.3 is 0 Å². The van der Waals surface area contributed by atoms with Gasteiger partial charge in [0.2, 0.25) is 5.96 Å². The molecule has 4 heteroatoms. The Morgan fingerprint density at radius 1 is 1.43 bits per heavy atom. The first-order valence-electron chi connectivity index (χ1n) is 4.42. The molecule has 4 nitrogen and oxygen atoms in total. The Labute approximate surface area is 83.6 Å². The van der Waals surface area contributed by atoms with Crippen LogP contribution in [0, 0.1) is 0 Å². The van der Waals surface area contributed by atoms with Crippen LogP contribution in [0.4, 0.5) is 0 Å². The normalized spacial score (nSPS) is 13.7. The van der Waals surface area contributed by atoms with E-state index in [9.17, 15) is 0 Å². The molecule has 0 saturated heterocycles. The van der Waals surface area contributed by atoms with E-state index >= 15 is 0 Å². The molecule has 1 aromatic carbocycles. The van der Waals surface area contributed by atoms with Crippen molar-refractivity contribution >= 4 is 5.96 Å². The van der Waals surface area contributed by atoms with Crippen LogP contribution in [-0.2, 0) is 0 Å². The Balaban J connectivity index is 2.81. The topological polar surface area (TPSA) is 61.8 Å². The van der Waals surface area contributed by atoms with E-state index in [2.05, 4.69) is 5.16 Å². The molecule has 0 radical (unpaired) electrons. The maximum Gasteiger partial charge on any atom is 0.233 e. The average molecular weight is 193 g/mol. The van der Waals surface area contributed by atoms with Gasteiger partial charge in [0.05, 0.1) is 6.04 Å². The number of nitrogens with two attached hydrogens (primary N) is 1. The van der Waals surface area contributed by atoms with Gasteiger partial charge < -0.3 is 15.8 Å². The summed E-state index contributed by atoms with van der Waals surface area (Å²) in [6.45, 7) is 1.99. The summed E-state index contributed by atoms with van der Waals surface area (Å²) in [5.74, 6) is 0.112. The fourth-order valence-electron chi connectivity index (χ4n) is 1.22. The third-order valence-electron chi connectivity index (χ3n) is 2.33. The van der Waals surface area contributed by atoms with Gasteiger partial charge in [0.25, 0.3) is 0 Å². The first-order valence-corrected chi connectivity index (χ1v) is 4.42. The highest BCUT2D eigenvalue weighted by Crippen LogP contribution is 2.17. The maximum absolute atomic E-state index is 8.52. The quantitative estimate of drug-likeness (QED) is 0.323. The molecule has 0 aliphatic rings. The van der Waals surface area contributed by atoms with Gasteiger partial charge in [0, 0.05) is 7.05 Å². The SMILES string of the molecule is CC(c1ccccc1)N(C)/C(N)=N/O. The summed E-state index contributed by atoms with van der Waals surface area (Å²) >= 11 is 0. The van der Waals surface area contributed by atoms with Crippen LogP contribution >= 0.6 is 0 Å². The van der Waals surface area contributed by atoms with Gasteiger partial charge in [-0.05, 0) is 12.5 Å². The van der Waals surface area contributed by atoms with Crippen molar-refractivity contribution in [3.63, 3.8) is 0 Å². The average Bonchev–Trinajstić information content (AvgIpc) is 2.27. The van der Waals surface area contributed by atoms with Crippen LogP contribution in [0.3, 0.4) is 0 Å². The van der Waals surface area contributed by atoms with Gasteiger partial charge in [-0.1, -0.05) is 35.5 Å². The Morgan fingerprint density at radius 2 is 2.00 bits per heavy atom. The number of hydrogen-bond acceptors (Lipinski definition) is 2. The number of benzene rings is 1. The smallest absolute Gasteiger partial charge is 0.233 e. The summed E-state index contributed by atoms with van der Waals surface area (Å²) in [6.07, 6.45) is 0. The molecule has 0 bridgehead atoms. The molecule has 0 heterocycles. The van der Waals surface area contributed by atoms with Crippen molar-refractivity contribution in [1.29, 1.82) is 0 Å². The van der Waals surface area contributed by atoms with E-state index in [1.807, 2.05) is 37.3 Å². The molecule has 0 spiro atoms. The molecule has 14 heavy (non-hydrogen) atoms. The second kappa shape index (κ2) is 4.50. The predicted molar refractivity (Wildman–Crippen MR) is 56.0 cm³/mol. The summed E-state index contributed by atoms with van der Waals surface area (Å²) < 4.78 is 0. The van der Waals surface area contributed by atoms with Crippen molar-refractivity contribution < 1.29 is 5.21 Å². The predicted octanol–water partition coefficient (Wildman–Crippen LogP) is 1.38. The monoisotopic (exact) mass is 193 g/mol. The molecule has 0 aliphatic heterocycles. The fraction of sp³-hybridized carbons (Fsp3) is 0.300. The zero-order valence-electron chi connectivity index (χ0n) is 8.38. The highest BCUT2D eigenvalue weighted by atomic mass is 16.4. The minimum Gasteiger partial charge on any atom is -0.408 e. The zero-order chi connectivity index (χ0) is 10.6. The Morgan fingerprint density at radius 3 is 2.50 bits per heavy atom. The molecule has 0 aromatic heterocycles. The van der Waals surface area contributed by atoms with E-state index < -0.39 is 0 Å². The lowest BCUT2D eigenvalue weighted by atomic mass is 10.1. The van der Waals surface area contributed by atoms with Crippen molar-refractivity contribution in [2.75, 3.05) is 7.05 Å². The maximum atomic E-state index is 8.52. The van der Waals surface area contributed by atoms with Crippen molar-refractivity contribution in [2.24, 2.45) is 10.9 Å².